The van der Waals surface area contributed by atoms with Crippen molar-refractivity contribution in [3.63, 3.8) is 0 Å². The zero-order valence-corrected chi connectivity index (χ0v) is 14.2. The van der Waals surface area contributed by atoms with Crippen LogP contribution >= 0.6 is 11.3 Å². The van der Waals surface area contributed by atoms with E-state index in [2.05, 4.69) is 11.1 Å². The van der Waals surface area contributed by atoms with Gasteiger partial charge in [0, 0.05) is 31.3 Å². The van der Waals surface area contributed by atoms with E-state index in [0.29, 0.717) is 0 Å². The van der Waals surface area contributed by atoms with Gasteiger partial charge in [0.25, 0.3) is 5.19 Å². The van der Waals surface area contributed by atoms with E-state index in [4.69, 9.17) is 4.74 Å². The van der Waals surface area contributed by atoms with Crippen molar-refractivity contribution >= 4 is 27.5 Å². The minimum absolute atomic E-state index is 0.157. The highest BCUT2D eigenvalue weighted by Crippen LogP contribution is 2.30. The Morgan fingerprint density at radius 2 is 1.95 bits per heavy atom. The number of amides is 1. The SMILES string of the molecule is CC(C)(C)C(=O)N1CCC(Oc2nc3ccccc3s2)CC1. The van der Waals surface area contributed by atoms with E-state index >= 15 is 0 Å². The quantitative estimate of drug-likeness (QED) is 0.847. The number of hydrogen-bond donors (Lipinski definition) is 0. The standard InChI is InChI=1S/C17H22N2O2S/c1-17(2,3)15(20)19-10-8-12(9-11-19)21-16-18-13-6-4-5-7-14(13)22-16/h4-7,12H,8-11H2,1-3H3. The molecule has 1 aromatic carbocycles. The molecule has 1 fully saturated rings. The number of benzene rings is 1. The Morgan fingerprint density at radius 1 is 1.27 bits per heavy atom. The molecule has 1 aliphatic heterocycles. The van der Waals surface area contributed by atoms with Crippen molar-refractivity contribution in [2.75, 3.05) is 13.1 Å². The fourth-order valence-electron chi connectivity index (χ4n) is 2.70. The number of carbonyl (C=O) groups is 1. The largest absolute Gasteiger partial charge is 0.467 e. The highest BCUT2D eigenvalue weighted by Gasteiger charge is 2.31. The van der Waals surface area contributed by atoms with Gasteiger partial charge in [0.05, 0.1) is 10.2 Å². The predicted molar refractivity (Wildman–Crippen MR) is 89.3 cm³/mol. The number of aromatic nitrogens is 1. The van der Waals surface area contributed by atoms with Gasteiger partial charge in [-0.15, -0.1) is 0 Å². The van der Waals surface area contributed by atoms with Crippen LogP contribution in [0.1, 0.15) is 33.6 Å². The number of hydrogen-bond acceptors (Lipinski definition) is 4. The molecule has 22 heavy (non-hydrogen) atoms. The maximum Gasteiger partial charge on any atom is 0.274 e. The van der Waals surface area contributed by atoms with Gasteiger partial charge in [0.1, 0.15) is 6.10 Å². The number of thiazole rings is 1. The third kappa shape index (κ3) is 3.24. The summed E-state index contributed by atoms with van der Waals surface area (Å²) in [6.45, 7) is 7.45. The Kier molecular flexibility index (Phi) is 4.08. The van der Waals surface area contributed by atoms with Crippen LogP contribution < -0.4 is 4.74 Å². The van der Waals surface area contributed by atoms with Crippen LogP contribution in [0.25, 0.3) is 10.2 Å². The first-order valence-electron chi connectivity index (χ1n) is 7.75. The fraction of sp³-hybridized carbons (Fsp3) is 0.529. The molecule has 5 heteroatoms. The van der Waals surface area contributed by atoms with Crippen LogP contribution in [0, 0.1) is 5.41 Å². The van der Waals surface area contributed by atoms with Crippen LogP contribution in [0.3, 0.4) is 0 Å². The zero-order chi connectivity index (χ0) is 15.7. The van der Waals surface area contributed by atoms with Crippen LogP contribution in [0.5, 0.6) is 5.19 Å². The maximum atomic E-state index is 12.3. The molecule has 0 N–H and O–H groups in total. The van der Waals surface area contributed by atoms with Crippen LogP contribution in [0.15, 0.2) is 24.3 Å². The number of rotatable bonds is 2. The first kappa shape index (κ1) is 15.3. The third-order valence-corrected chi connectivity index (χ3v) is 4.84. The van der Waals surface area contributed by atoms with Crippen LogP contribution in [-0.2, 0) is 4.79 Å². The van der Waals surface area contributed by atoms with Crippen molar-refractivity contribution in [1.29, 1.82) is 0 Å². The third-order valence-electron chi connectivity index (χ3n) is 3.91. The van der Waals surface area contributed by atoms with Gasteiger partial charge in [-0.05, 0) is 12.1 Å². The molecule has 0 unspecified atom stereocenters. The Morgan fingerprint density at radius 3 is 2.59 bits per heavy atom. The van der Waals surface area contributed by atoms with Crippen LogP contribution in [-0.4, -0.2) is 35.0 Å². The molecule has 0 spiro atoms. The van der Waals surface area contributed by atoms with Crippen molar-refractivity contribution in [2.24, 2.45) is 5.41 Å². The lowest BCUT2D eigenvalue weighted by Gasteiger charge is -2.35. The Hall–Kier alpha value is -1.62. The second-order valence-corrected chi connectivity index (χ2v) is 7.80. The molecule has 1 aliphatic rings. The Bertz CT molecular complexity index is 634. The number of para-hydroxylation sites is 1. The van der Waals surface area contributed by atoms with Gasteiger partial charge in [-0.2, -0.15) is 0 Å². The molecule has 1 aromatic heterocycles. The van der Waals surface area contributed by atoms with Gasteiger partial charge < -0.3 is 9.64 Å². The highest BCUT2D eigenvalue weighted by molar-refractivity contribution is 7.20. The maximum absolute atomic E-state index is 12.3. The number of likely N-dealkylation sites (tertiary alicyclic amines) is 1. The van der Waals surface area contributed by atoms with Crippen molar-refractivity contribution in [3.8, 4) is 5.19 Å². The molecule has 2 heterocycles. The van der Waals surface area contributed by atoms with Gasteiger partial charge in [-0.1, -0.05) is 44.2 Å². The first-order chi connectivity index (χ1) is 10.4. The fourth-order valence-corrected chi connectivity index (χ4v) is 3.58. The summed E-state index contributed by atoms with van der Waals surface area (Å²) >= 11 is 1.59. The van der Waals surface area contributed by atoms with Crippen molar-refractivity contribution < 1.29 is 9.53 Å². The molecule has 2 aromatic rings. The summed E-state index contributed by atoms with van der Waals surface area (Å²) < 4.78 is 7.17. The second kappa shape index (κ2) is 5.88. The van der Waals surface area contributed by atoms with E-state index in [-0.39, 0.29) is 17.4 Å². The second-order valence-electron chi connectivity index (χ2n) is 6.81. The average molecular weight is 318 g/mol. The highest BCUT2D eigenvalue weighted by atomic mass is 32.1. The smallest absolute Gasteiger partial charge is 0.274 e. The van der Waals surface area contributed by atoms with Crippen molar-refractivity contribution in [3.05, 3.63) is 24.3 Å². The van der Waals surface area contributed by atoms with Gasteiger partial charge in [-0.3, -0.25) is 4.79 Å². The number of carbonyl (C=O) groups excluding carboxylic acids is 1. The lowest BCUT2D eigenvalue weighted by atomic mass is 9.93. The topological polar surface area (TPSA) is 42.4 Å². The predicted octanol–water partition coefficient (Wildman–Crippen LogP) is 3.71. The lowest BCUT2D eigenvalue weighted by molar-refractivity contribution is -0.141. The summed E-state index contributed by atoms with van der Waals surface area (Å²) in [5.74, 6) is 0.228. The first-order valence-corrected chi connectivity index (χ1v) is 8.57. The summed E-state index contributed by atoms with van der Waals surface area (Å²) in [6, 6.07) is 8.07. The number of ether oxygens (including phenoxy) is 1. The molecule has 1 amide bonds. The molecule has 0 atom stereocenters. The summed E-state index contributed by atoms with van der Waals surface area (Å²) in [4.78, 5) is 18.7. The number of fused-ring (bicyclic) bond motifs is 1. The molecule has 0 aliphatic carbocycles. The van der Waals surface area contributed by atoms with E-state index in [1.807, 2.05) is 43.9 Å². The minimum Gasteiger partial charge on any atom is -0.467 e. The van der Waals surface area contributed by atoms with Crippen LogP contribution in [0.2, 0.25) is 0 Å². The molecule has 0 radical (unpaired) electrons. The summed E-state index contributed by atoms with van der Waals surface area (Å²) in [7, 11) is 0. The van der Waals surface area contributed by atoms with E-state index in [1.54, 1.807) is 11.3 Å². The van der Waals surface area contributed by atoms with E-state index in [1.165, 1.54) is 0 Å². The van der Waals surface area contributed by atoms with Gasteiger partial charge in [0.2, 0.25) is 5.91 Å². The molecule has 0 saturated carbocycles. The van der Waals surface area contributed by atoms with E-state index < -0.39 is 0 Å². The molecule has 0 bridgehead atoms. The van der Waals surface area contributed by atoms with Crippen LogP contribution in [0.4, 0.5) is 0 Å². The minimum atomic E-state index is -0.305. The molecule has 1 saturated heterocycles. The summed E-state index contributed by atoms with van der Waals surface area (Å²) in [5, 5.41) is 0.738. The van der Waals surface area contributed by atoms with Crippen molar-refractivity contribution in [1.82, 2.24) is 9.88 Å². The summed E-state index contributed by atoms with van der Waals surface area (Å²) in [6.07, 6.45) is 1.90. The monoisotopic (exact) mass is 318 g/mol. The lowest BCUT2D eigenvalue weighted by Crippen LogP contribution is -2.46. The molecule has 4 nitrogen and oxygen atoms in total. The van der Waals surface area contributed by atoms with Gasteiger partial charge in [-0.25, -0.2) is 4.98 Å². The van der Waals surface area contributed by atoms with Gasteiger partial charge >= 0.3 is 0 Å². The van der Waals surface area contributed by atoms with Gasteiger partial charge in [0.15, 0.2) is 0 Å². The molecular weight excluding hydrogens is 296 g/mol. The Balaban J connectivity index is 1.59. The van der Waals surface area contributed by atoms with E-state index in [0.717, 1.165) is 41.3 Å². The summed E-state index contributed by atoms with van der Waals surface area (Å²) in [5.41, 5.74) is 0.684. The average Bonchev–Trinajstić information content (AvgIpc) is 2.88. The van der Waals surface area contributed by atoms with Crippen molar-refractivity contribution in [2.45, 2.75) is 39.7 Å². The van der Waals surface area contributed by atoms with E-state index in [9.17, 15) is 4.79 Å². The number of piperidine rings is 1. The molecular formula is C17H22N2O2S. The Labute approximate surface area is 135 Å². The molecule has 118 valence electrons. The normalized spacial score (nSPS) is 17.0. The zero-order valence-electron chi connectivity index (χ0n) is 13.3. The molecule has 3 rings (SSSR count). The number of nitrogens with zero attached hydrogens (tertiary/aromatic N) is 2.